The molecule has 41 heavy (non-hydrogen) atoms. The van der Waals surface area contributed by atoms with Crippen molar-refractivity contribution in [3.8, 4) is 11.9 Å². The average Bonchev–Trinajstić information content (AvgIpc) is 3.56. The summed E-state index contributed by atoms with van der Waals surface area (Å²) in [4.78, 5) is 30.7. The molecule has 12 nitrogen and oxygen atoms in total. The number of hydrogen-bond acceptors (Lipinski definition) is 9. The summed E-state index contributed by atoms with van der Waals surface area (Å²) in [6.07, 6.45) is -1.44. The third kappa shape index (κ3) is 6.94. The second kappa shape index (κ2) is 12.7. The van der Waals surface area contributed by atoms with Crippen LogP contribution in [0.15, 0.2) is 36.5 Å². The van der Waals surface area contributed by atoms with E-state index in [1.54, 1.807) is 19.1 Å². The Hall–Kier alpha value is -4.61. The molecule has 4 aromatic rings. The molecule has 1 N–H and O–H groups in total. The summed E-state index contributed by atoms with van der Waals surface area (Å²) < 4.78 is 31.7. The molecule has 0 atom stereocenters. The summed E-state index contributed by atoms with van der Waals surface area (Å²) in [5.41, 5.74) is 1.37. The van der Waals surface area contributed by atoms with Crippen LogP contribution < -0.4 is 5.32 Å². The highest BCUT2D eigenvalue weighted by Crippen LogP contribution is 2.26. The van der Waals surface area contributed by atoms with Crippen molar-refractivity contribution in [2.75, 3.05) is 18.5 Å². The van der Waals surface area contributed by atoms with Crippen LogP contribution in [-0.4, -0.2) is 59.9 Å². The summed E-state index contributed by atoms with van der Waals surface area (Å²) in [5.74, 6) is -0.771. The molecule has 0 saturated carbocycles. The highest BCUT2D eigenvalue weighted by atomic mass is 35.5. The van der Waals surface area contributed by atoms with Crippen LogP contribution in [0.4, 0.5) is 14.5 Å². The van der Waals surface area contributed by atoms with Gasteiger partial charge in [-0.15, -0.1) is 10.2 Å². The molecule has 3 aromatic heterocycles. The normalized spacial score (nSPS) is 12.7. The molecule has 0 unspecified atom stereocenters. The molecule has 5 rings (SSSR count). The fraction of sp³-hybridized carbons (Fsp3) is 0.308. The quantitative estimate of drug-likeness (QED) is 0.315. The molecule has 0 bridgehead atoms. The number of nitriles is 1. The smallest absolute Gasteiger partial charge is 0.301 e. The van der Waals surface area contributed by atoms with Crippen LogP contribution in [0.5, 0.6) is 0 Å². The fourth-order valence-electron chi connectivity index (χ4n) is 3.75. The van der Waals surface area contributed by atoms with Crippen molar-refractivity contribution in [3.05, 3.63) is 75.5 Å². The molecule has 1 aliphatic heterocycles. The average molecular weight is 584 g/mol. The predicted molar refractivity (Wildman–Crippen MR) is 142 cm³/mol. The number of carbonyl (C=O) groups is 2. The number of aryl methyl sites for hydroxylation is 1. The molecule has 15 heteroatoms. The molecule has 0 radical (unpaired) electrons. The molecule has 0 spiro atoms. The first-order chi connectivity index (χ1) is 19.6. The number of pyridine rings is 1. The van der Waals surface area contributed by atoms with E-state index in [1.165, 1.54) is 36.0 Å². The molecule has 212 valence electrons. The highest BCUT2D eigenvalue weighted by molar-refractivity contribution is 6.32. The van der Waals surface area contributed by atoms with Crippen LogP contribution >= 0.6 is 11.6 Å². The lowest BCUT2D eigenvalue weighted by Gasteiger charge is -2.20. The summed E-state index contributed by atoms with van der Waals surface area (Å²) in [6.45, 7) is 6.95. The van der Waals surface area contributed by atoms with Crippen molar-refractivity contribution >= 4 is 29.0 Å². The van der Waals surface area contributed by atoms with Crippen molar-refractivity contribution < 1.29 is 23.1 Å². The van der Waals surface area contributed by atoms with Crippen LogP contribution in [0, 0.1) is 24.2 Å². The number of hydrogen-bond donors (Lipinski definition) is 1. The van der Waals surface area contributed by atoms with Gasteiger partial charge in [0, 0.05) is 17.7 Å². The maximum atomic E-state index is 13.4. The van der Waals surface area contributed by atoms with Crippen LogP contribution in [0.1, 0.15) is 63.8 Å². The largest absolute Gasteiger partial charge is 0.381 e. The SMILES string of the molecule is CC(=O)c1cc(C#N)cc(C)c1NC(=O)c1cc(Cn2nnc(C(F)F)n2)nn1-c1ncccc1Cl.CC1COC1. The summed E-state index contributed by atoms with van der Waals surface area (Å²) in [7, 11) is 0. The van der Waals surface area contributed by atoms with Gasteiger partial charge >= 0.3 is 6.43 Å². The number of tetrazole rings is 1. The van der Waals surface area contributed by atoms with Crippen LogP contribution in [0.2, 0.25) is 5.02 Å². The first-order valence-electron chi connectivity index (χ1n) is 12.3. The van der Waals surface area contributed by atoms with Gasteiger partial charge in [-0.3, -0.25) is 9.59 Å². The Morgan fingerprint density at radius 3 is 2.56 bits per heavy atom. The van der Waals surface area contributed by atoms with E-state index in [1.807, 2.05) is 6.07 Å². The lowest BCUT2D eigenvalue weighted by molar-refractivity contribution is -0.0221. The maximum absolute atomic E-state index is 13.4. The number of rotatable bonds is 7. The van der Waals surface area contributed by atoms with Crippen LogP contribution in [0.25, 0.3) is 5.82 Å². The van der Waals surface area contributed by atoms with Crippen molar-refractivity contribution in [1.82, 2.24) is 35.0 Å². The minimum absolute atomic E-state index is 0.0157. The molecule has 0 aliphatic carbocycles. The van der Waals surface area contributed by atoms with Gasteiger partial charge in [0.2, 0.25) is 5.82 Å². The first kappa shape index (κ1) is 29.4. The summed E-state index contributed by atoms with van der Waals surface area (Å²) in [6, 6.07) is 9.45. The monoisotopic (exact) mass is 583 g/mol. The second-order valence-electron chi connectivity index (χ2n) is 9.20. The standard InChI is InChI=1S/C22H16ClF2N9O2.C4H8O/c1-11-6-13(9-26)7-15(12(2)35)18(11)28-22(36)17-8-14(10-33-31-20(19(24)25)29-32-33)30-34(17)21-16(23)4-3-5-27-21;1-4-2-5-3-4/h3-8,19H,10H2,1-2H3,(H,28,36);4H,2-3H2,1H3. The van der Waals surface area contributed by atoms with Gasteiger partial charge in [0.1, 0.15) is 12.2 Å². The molecular formula is C26H24ClF2N9O3. The Morgan fingerprint density at radius 2 is 2.00 bits per heavy atom. The number of amides is 1. The Labute approximate surface area is 237 Å². The maximum Gasteiger partial charge on any atom is 0.301 e. The molecule has 1 aromatic carbocycles. The van der Waals surface area contributed by atoms with Crippen molar-refractivity contribution in [2.24, 2.45) is 5.92 Å². The van der Waals surface area contributed by atoms with Crippen LogP contribution in [-0.2, 0) is 11.3 Å². The highest BCUT2D eigenvalue weighted by Gasteiger charge is 2.23. The van der Waals surface area contributed by atoms with Gasteiger partial charge in [0.15, 0.2) is 11.6 Å². The zero-order chi connectivity index (χ0) is 29.7. The minimum atomic E-state index is -2.89. The third-order valence-electron chi connectivity index (χ3n) is 5.79. The van der Waals surface area contributed by atoms with E-state index < -0.39 is 18.2 Å². The molecule has 1 amide bonds. The Balaban J connectivity index is 0.000000699. The molecule has 1 aliphatic rings. The van der Waals surface area contributed by atoms with Gasteiger partial charge in [-0.25, -0.2) is 18.4 Å². The number of alkyl halides is 2. The third-order valence-corrected chi connectivity index (χ3v) is 6.08. The van der Waals surface area contributed by atoms with E-state index in [0.29, 0.717) is 5.56 Å². The van der Waals surface area contributed by atoms with Crippen LogP contribution in [0.3, 0.4) is 0 Å². The second-order valence-corrected chi connectivity index (χ2v) is 9.61. The molecular weight excluding hydrogens is 560 g/mol. The number of ether oxygens (including phenoxy) is 1. The zero-order valence-corrected chi connectivity index (χ0v) is 22.9. The Morgan fingerprint density at radius 1 is 1.27 bits per heavy atom. The number of anilines is 1. The van der Waals surface area contributed by atoms with E-state index in [9.17, 15) is 23.6 Å². The zero-order valence-electron chi connectivity index (χ0n) is 22.2. The number of Topliss-reactive ketones (excluding diaryl/α,β-unsaturated/α-hetero) is 1. The van der Waals surface area contributed by atoms with Gasteiger partial charge in [-0.1, -0.05) is 18.5 Å². The summed E-state index contributed by atoms with van der Waals surface area (Å²) >= 11 is 6.28. The topological polar surface area (TPSA) is 154 Å². The van der Waals surface area contributed by atoms with E-state index in [2.05, 4.69) is 37.7 Å². The van der Waals surface area contributed by atoms with E-state index >= 15 is 0 Å². The number of aromatic nitrogens is 7. The number of ketones is 1. The van der Waals surface area contributed by atoms with Gasteiger partial charge in [0.25, 0.3) is 5.91 Å². The number of benzene rings is 1. The van der Waals surface area contributed by atoms with E-state index in [4.69, 9.17) is 16.3 Å². The predicted octanol–water partition coefficient (Wildman–Crippen LogP) is 4.18. The lowest BCUT2D eigenvalue weighted by Crippen LogP contribution is -2.23. The summed E-state index contributed by atoms with van der Waals surface area (Å²) in [5, 5.41) is 26.9. The van der Waals surface area contributed by atoms with Crippen molar-refractivity contribution in [1.29, 1.82) is 5.26 Å². The molecule has 4 heterocycles. The van der Waals surface area contributed by atoms with Gasteiger partial charge in [0.05, 0.1) is 41.3 Å². The number of halogens is 3. The Kier molecular flexibility index (Phi) is 9.10. The van der Waals surface area contributed by atoms with Gasteiger partial charge < -0.3 is 10.1 Å². The van der Waals surface area contributed by atoms with Gasteiger partial charge in [-0.05, 0) is 55.0 Å². The van der Waals surface area contributed by atoms with E-state index in [-0.39, 0.29) is 51.4 Å². The molecule has 1 saturated heterocycles. The number of nitrogens with zero attached hydrogens (tertiary/aromatic N) is 8. The lowest BCUT2D eigenvalue weighted by atomic mass is 10.0. The first-order valence-corrected chi connectivity index (χ1v) is 12.7. The number of carbonyl (C=O) groups excluding carboxylic acids is 2. The minimum Gasteiger partial charge on any atom is -0.381 e. The molecule has 1 fully saturated rings. The fourth-order valence-corrected chi connectivity index (χ4v) is 3.95. The Bertz CT molecular complexity index is 1630. The van der Waals surface area contributed by atoms with Gasteiger partial charge in [-0.2, -0.15) is 15.2 Å². The van der Waals surface area contributed by atoms with Crippen molar-refractivity contribution in [2.45, 2.75) is 33.7 Å². The number of nitrogens with one attached hydrogen (secondary N) is 1. The van der Waals surface area contributed by atoms with E-state index in [0.717, 1.165) is 23.9 Å². The van der Waals surface area contributed by atoms with Crippen molar-refractivity contribution in [3.63, 3.8) is 0 Å².